The van der Waals surface area contributed by atoms with Gasteiger partial charge in [-0.15, -0.1) is 0 Å². The van der Waals surface area contributed by atoms with Gasteiger partial charge in [-0.1, -0.05) is 48.1 Å². The van der Waals surface area contributed by atoms with E-state index < -0.39 is 0 Å². The summed E-state index contributed by atoms with van der Waals surface area (Å²) in [5.41, 5.74) is 4.70. The molecule has 0 nitrogen and oxygen atoms in total. The van der Waals surface area contributed by atoms with Crippen LogP contribution >= 0.6 is 0 Å². The van der Waals surface area contributed by atoms with Gasteiger partial charge in [0.2, 0.25) is 0 Å². The first-order valence-corrected chi connectivity index (χ1v) is 5.29. The van der Waals surface area contributed by atoms with E-state index in [0.29, 0.717) is 0 Å². The van der Waals surface area contributed by atoms with Crippen LogP contribution in [0.2, 0.25) is 0 Å². The van der Waals surface area contributed by atoms with Crippen molar-refractivity contribution in [3.8, 4) is 0 Å². The molecule has 70 valence electrons. The molecule has 0 spiro atoms. The minimum Gasteiger partial charge on any atom is -0.0798 e. The fraction of sp³-hybridized carbons (Fsp3) is 0.286. The maximum Gasteiger partial charge on any atom is 0.0382 e. The van der Waals surface area contributed by atoms with E-state index in [2.05, 4.69) is 49.5 Å². The molecule has 0 heteroatoms. The van der Waals surface area contributed by atoms with Crippen LogP contribution in [0.5, 0.6) is 0 Å². The Hall–Kier alpha value is -1.30. The van der Waals surface area contributed by atoms with Crippen LogP contribution in [-0.2, 0) is 0 Å². The summed E-state index contributed by atoms with van der Waals surface area (Å²) in [5, 5.41) is 0. The van der Waals surface area contributed by atoms with Gasteiger partial charge in [-0.2, -0.15) is 0 Å². The molecular weight excluding hydrogens is 168 g/mol. The van der Waals surface area contributed by atoms with Gasteiger partial charge in [-0.25, -0.2) is 0 Å². The SMILES string of the molecule is C[C@]12C3=CC=C1CCC=C2C=CC=C3. The minimum atomic E-state index is 0.196. The first-order valence-electron chi connectivity index (χ1n) is 5.29. The summed E-state index contributed by atoms with van der Waals surface area (Å²) in [5.74, 6) is 0. The first-order chi connectivity index (χ1) is 6.82. The molecule has 0 bridgehead atoms. The molecule has 14 heavy (non-hydrogen) atoms. The van der Waals surface area contributed by atoms with Gasteiger partial charge in [0.05, 0.1) is 0 Å². The topological polar surface area (TPSA) is 0 Å². The maximum atomic E-state index is 2.39. The van der Waals surface area contributed by atoms with Crippen molar-refractivity contribution in [2.24, 2.45) is 5.41 Å². The normalized spacial score (nSPS) is 33.1. The van der Waals surface area contributed by atoms with Crippen molar-refractivity contribution in [2.75, 3.05) is 0 Å². The van der Waals surface area contributed by atoms with Gasteiger partial charge in [-0.3, -0.25) is 0 Å². The molecule has 0 N–H and O–H groups in total. The van der Waals surface area contributed by atoms with Crippen LogP contribution < -0.4 is 0 Å². The standard InChI is InChI=1S/C14H14/c1-14-11-5-2-3-6-12(14)9-10-13(14)8-4-7-11/h2-3,5-7,9-10H,4,8H2,1H3/t14-/m0/s1. The highest BCUT2D eigenvalue weighted by atomic mass is 14.4. The molecule has 1 atom stereocenters. The summed E-state index contributed by atoms with van der Waals surface area (Å²) in [7, 11) is 0. The van der Waals surface area contributed by atoms with E-state index in [1.165, 1.54) is 24.0 Å². The summed E-state index contributed by atoms with van der Waals surface area (Å²) in [4.78, 5) is 0. The average Bonchev–Trinajstić information content (AvgIpc) is 2.39. The van der Waals surface area contributed by atoms with Gasteiger partial charge in [0, 0.05) is 5.41 Å². The zero-order valence-corrected chi connectivity index (χ0v) is 8.46. The molecule has 0 aromatic heterocycles. The Labute approximate surface area is 85.0 Å². The Morgan fingerprint density at radius 1 is 1.07 bits per heavy atom. The van der Waals surface area contributed by atoms with Crippen LogP contribution in [-0.4, -0.2) is 0 Å². The number of hydrogen-bond acceptors (Lipinski definition) is 0. The third-order valence-electron chi connectivity index (χ3n) is 3.70. The highest BCUT2D eigenvalue weighted by molar-refractivity contribution is 5.58. The lowest BCUT2D eigenvalue weighted by Gasteiger charge is -2.35. The van der Waals surface area contributed by atoms with Gasteiger partial charge in [0.1, 0.15) is 0 Å². The third kappa shape index (κ3) is 0.836. The van der Waals surface area contributed by atoms with Gasteiger partial charge < -0.3 is 0 Å². The van der Waals surface area contributed by atoms with Crippen LogP contribution in [0.1, 0.15) is 19.8 Å². The molecule has 0 aliphatic heterocycles. The summed E-state index contributed by atoms with van der Waals surface area (Å²) >= 11 is 0. The monoisotopic (exact) mass is 182 g/mol. The van der Waals surface area contributed by atoms with Crippen molar-refractivity contribution in [3.05, 3.63) is 59.3 Å². The van der Waals surface area contributed by atoms with E-state index in [0.717, 1.165) is 0 Å². The molecule has 0 saturated heterocycles. The van der Waals surface area contributed by atoms with Gasteiger partial charge in [0.25, 0.3) is 0 Å². The Morgan fingerprint density at radius 2 is 1.86 bits per heavy atom. The van der Waals surface area contributed by atoms with Gasteiger partial charge >= 0.3 is 0 Å². The molecule has 0 saturated carbocycles. The molecule has 0 radical (unpaired) electrons. The van der Waals surface area contributed by atoms with Crippen molar-refractivity contribution in [1.29, 1.82) is 0 Å². The zero-order chi connectivity index (χ0) is 9.60. The number of allylic oxidation sites excluding steroid dienone is 10. The summed E-state index contributed by atoms with van der Waals surface area (Å²) in [6.07, 6.45) is 18.2. The molecule has 0 aromatic rings. The molecular formula is C14H14. The lowest BCUT2D eigenvalue weighted by molar-refractivity contribution is 0.562. The fourth-order valence-electron chi connectivity index (χ4n) is 2.76. The second kappa shape index (κ2) is 2.60. The molecule has 0 unspecified atom stereocenters. The Bertz CT molecular complexity index is 427. The van der Waals surface area contributed by atoms with Crippen molar-refractivity contribution < 1.29 is 0 Å². The molecule has 3 aliphatic rings. The van der Waals surface area contributed by atoms with Crippen molar-refractivity contribution >= 4 is 0 Å². The van der Waals surface area contributed by atoms with Crippen LogP contribution in [0, 0.1) is 5.41 Å². The van der Waals surface area contributed by atoms with Crippen LogP contribution in [0.4, 0.5) is 0 Å². The number of hydrogen-bond donors (Lipinski definition) is 0. The van der Waals surface area contributed by atoms with E-state index in [9.17, 15) is 0 Å². The number of rotatable bonds is 0. The van der Waals surface area contributed by atoms with Crippen molar-refractivity contribution in [1.82, 2.24) is 0 Å². The molecule has 3 aliphatic carbocycles. The molecule has 0 amide bonds. The molecule has 0 heterocycles. The third-order valence-corrected chi connectivity index (χ3v) is 3.70. The maximum absolute atomic E-state index is 2.39. The quantitative estimate of drug-likeness (QED) is 0.535. The lowest BCUT2D eigenvalue weighted by Crippen LogP contribution is -2.23. The molecule has 0 aromatic carbocycles. The van der Waals surface area contributed by atoms with Crippen LogP contribution in [0.15, 0.2) is 59.3 Å². The Morgan fingerprint density at radius 3 is 2.71 bits per heavy atom. The highest BCUT2D eigenvalue weighted by Gasteiger charge is 2.39. The predicted molar refractivity (Wildman–Crippen MR) is 59.9 cm³/mol. The van der Waals surface area contributed by atoms with Gasteiger partial charge in [-0.05, 0) is 30.9 Å². The lowest BCUT2D eigenvalue weighted by atomic mass is 9.68. The average molecular weight is 182 g/mol. The van der Waals surface area contributed by atoms with Crippen LogP contribution in [0.25, 0.3) is 0 Å². The summed E-state index contributed by atoms with van der Waals surface area (Å²) in [6, 6.07) is 0. The summed E-state index contributed by atoms with van der Waals surface area (Å²) < 4.78 is 0. The summed E-state index contributed by atoms with van der Waals surface area (Å²) in [6.45, 7) is 2.35. The Kier molecular flexibility index (Phi) is 1.49. The minimum absolute atomic E-state index is 0.196. The van der Waals surface area contributed by atoms with E-state index in [-0.39, 0.29) is 5.41 Å². The Balaban J connectivity index is 2.25. The van der Waals surface area contributed by atoms with Gasteiger partial charge in [0.15, 0.2) is 0 Å². The second-order valence-electron chi connectivity index (χ2n) is 4.36. The molecule has 0 fully saturated rings. The first kappa shape index (κ1) is 8.05. The van der Waals surface area contributed by atoms with Crippen molar-refractivity contribution in [3.63, 3.8) is 0 Å². The second-order valence-corrected chi connectivity index (χ2v) is 4.36. The van der Waals surface area contributed by atoms with E-state index >= 15 is 0 Å². The van der Waals surface area contributed by atoms with E-state index in [1.807, 2.05) is 0 Å². The van der Waals surface area contributed by atoms with E-state index in [1.54, 1.807) is 5.57 Å². The molecule has 3 rings (SSSR count). The fourth-order valence-corrected chi connectivity index (χ4v) is 2.76. The predicted octanol–water partition coefficient (Wildman–Crippen LogP) is 3.71. The van der Waals surface area contributed by atoms with Crippen molar-refractivity contribution in [2.45, 2.75) is 19.8 Å². The van der Waals surface area contributed by atoms with E-state index in [4.69, 9.17) is 0 Å². The largest absolute Gasteiger partial charge is 0.0798 e. The smallest absolute Gasteiger partial charge is 0.0382 e. The van der Waals surface area contributed by atoms with Crippen LogP contribution in [0.3, 0.4) is 0 Å². The highest BCUT2D eigenvalue weighted by Crippen LogP contribution is 2.51. The zero-order valence-electron chi connectivity index (χ0n) is 8.46.